The minimum atomic E-state index is -0.463. The zero-order valence-electron chi connectivity index (χ0n) is 14.3. The van der Waals surface area contributed by atoms with Gasteiger partial charge in [-0.05, 0) is 31.2 Å². The topological polar surface area (TPSA) is 113 Å². The van der Waals surface area contributed by atoms with Crippen LogP contribution in [0.1, 0.15) is 15.9 Å². The molecule has 26 heavy (non-hydrogen) atoms. The fraction of sp³-hybridized carbons (Fsp3) is 0.222. The van der Waals surface area contributed by atoms with E-state index in [0.717, 1.165) is 11.3 Å². The molecule has 0 heterocycles. The summed E-state index contributed by atoms with van der Waals surface area (Å²) in [5, 5.41) is 18.8. The van der Waals surface area contributed by atoms with E-state index in [4.69, 9.17) is 0 Å². The molecule has 2 aromatic carbocycles. The number of nitro groups is 1. The van der Waals surface area contributed by atoms with Crippen LogP contribution in [0.2, 0.25) is 0 Å². The number of nitrogens with one attached hydrogen (secondary N) is 3. The first kappa shape index (κ1) is 18.9. The van der Waals surface area contributed by atoms with Crippen LogP contribution in [-0.2, 0) is 4.79 Å². The van der Waals surface area contributed by atoms with Gasteiger partial charge in [0.2, 0.25) is 5.91 Å². The van der Waals surface area contributed by atoms with Crippen LogP contribution < -0.4 is 16.0 Å². The second-order valence-electron chi connectivity index (χ2n) is 5.63. The van der Waals surface area contributed by atoms with Crippen molar-refractivity contribution < 1.29 is 14.5 Å². The van der Waals surface area contributed by atoms with Crippen LogP contribution in [0.5, 0.6) is 0 Å². The monoisotopic (exact) mass is 356 g/mol. The van der Waals surface area contributed by atoms with Gasteiger partial charge in [-0.15, -0.1) is 0 Å². The lowest BCUT2D eigenvalue weighted by Crippen LogP contribution is -2.38. The second kappa shape index (κ2) is 9.16. The van der Waals surface area contributed by atoms with Gasteiger partial charge in [0.1, 0.15) is 0 Å². The number of amides is 2. The van der Waals surface area contributed by atoms with E-state index in [0.29, 0.717) is 18.7 Å². The van der Waals surface area contributed by atoms with Crippen molar-refractivity contribution >= 4 is 23.2 Å². The molecule has 0 spiro atoms. The zero-order valence-corrected chi connectivity index (χ0v) is 14.3. The minimum Gasteiger partial charge on any atom is -0.383 e. The summed E-state index contributed by atoms with van der Waals surface area (Å²) >= 11 is 0. The zero-order chi connectivity index (χ0) is 18.9. The van der Waals surface area contributed by atoms with Crippen LogP contribution in [0.3, 0.4) is 0 Å². The molecule has 136 valence electrons. The molecular formula is C18H20N4O4. The van der Waals surface area contributed by atoms with Crippen LogP contribution >= 0.6 is 0 Å². The molecule has 0 saturated heterocycles. The van der Waals surface area contributed by atoms with Crippen molar-refractivity contribution in [1.29, 1.82) is 0 Å². The molecular weight excluding hydrogens is 336 g/mol. The number of aryl methyl sites for hydroxylation is 1. The molecule has 0 aliphatic carbocycles. The van der Waals surface area contributed by atoms with E-state index in [1.54, 1.807) is 24.3 Å². The fourth-order valence-electron chi connectivity index (χ4n) is 2.14. The summed E-state index contributed by atoms with van der Waals surface area (Å²) < 4.78 is 0. The van der Waals surface area contributed by atoms with Gasteiger partial charge >= 0.3 is 0 Å². The van der Waals surface area contributed by atoms with E-state index in [-0.39, 0.29) is 24.0 Å². The Morgan fingerprint density at radius 2 is 1.62 bits per heavy atom. The van der Waals surface area contributed by atoms with Crippen LogP contribution in [0.25, 0.3) is 0 Å². The quantitative estimate of drug-likeness (QED) is 0.380. The SMILES string of the molecule is Cc1ccc(C(=O)NCC(=O)NCCNc2ccc([N+](=O)[O-])cc2)cc1. The Balaban J connectivity index is 1.65. The largest absolute Gasteiger partial charge is 0.383 e. The van der Waals surface area contributed by atoms with Gasteiger partial charge in [-0.1, -0.05) is 17.7 Å². The van der Waals surface area contributed by atoms with Gasteiger partial charge in [-0.2, -0.15) is 0 Å². The second-order valence-corrected chi connectivity index (χ2v) is 5.63. The molecule has 0 aromatic heterocycles. The van der Waals surface area contributed by atoms with Crippen molar-refractivity contribution in [3.05, 3.63) is 69.8 Å². The summed E-state index contributed by atoms with van der Waals surface area (Å²) in [7, 11) is 0. The van der Waals surface area contributed by atoms with Gasteiger partial charge in [-0.25, -0.2) is 0 Å². The fourth-order valence-corrected chi connectivity index (χ4v) is 2.14. The third kappa shape index (κ3) is 5.90. The number of hydrogen-bond acceptors (Lipinski definition) is 5. The third-order valence-electron chi connectivity index (χ3n) is 3.58. The number of hydrogen-bond donors (Lipinski definition) is 3. The molecule has 0 unspecified atom stereocenters. The number of anilines is 1. The van der Waals surface area contributed by atoms with Crippen LogP contribution in [-0.4, -0.2) is 36.4 Å². The van der Waals surface area contributed by atoms with E-state index in [1.807, 2.05) is 19.1 Å². The highest BCUT2D eigenvalue weighted by Crippen LogP contribution is 2.14. The van der Waals surface area contributed by atoms with Crippen molar-refractivity contribution in [2.45, 2.75) is 6.92 Å². The van der Waals surface area contributed by atoms with Gasteiger partial charge in [0.05, 0.1) is 11.5 Å². The number of non-ortho nitro benzene ring substituents is 1. The lowest BCUT2D eigenvalue weighted by Gasteiger charge is -2.09. The highest BCUT2D eigenvalue weighted by Gasteiger charge is 2.07. The van der Waals surface area contributed by atoms with Crippen LogP contribution in [0, 0.1) is 17.0 Å². The molecule has 8 heteroatoms. The molecule has 0 saturated carbocycles. The molecule has 0 radical (unpaired) electrons. The smallest absolute Gasteiger partial charge is 0.269 e. The molecule has 2 aromatic rings. The van der Waals surface area contributed by atoms with E-state index < -0.39 is 4.92 Å². The molecule has 8 nitrogen and oxygen atoms in total. The van der Waals surface area contributed by atoms with Crippen LogP contribution in [0.15, 0.2) is 48.5 Å². The lowest BCUT2D eigenvalue weighted by atomic mass is 10.1. The Morgan fingerprint density at radius 1 is 0.962 bits per heavy atom. The average Bonchev–Trinajstić information content (AvgIpc) is 2.64. The summed E-state index contributed by atoms with van der Waals surface area (Å²) in [6.07, 6.45) is 0. The Hall–Kier alpha value is -3.42. The minimum absolute atomic E-state index is 0.0215. The third-order valence-corrected chi connectivity index (χ3v) is 3.58. The standard InChI is InChI=1S/C18H20N4O4/c1-13-2-4-14(5-3-13)18(24)21-12-17(23)20-11-10-19-15-6-8-16(9-7-15)22(25)26/h2-9,19H,10-12H2,1H3,(H,20,23)(H,21,24). The molecule has 0 aliphatic rings. The molecule has 0 atom stereocenters. The van der Waals surface area contributed by atoms with Gasteiger partial charge < -0.3 is 16.0 Å². The Labute approximate surface area is 150 Å². The van der Waals surface area contributed by atoms with E-state index in [1.165, 1.54) is 12.1 Å². The van der Waals surface area contributed by atoms with Crippen molar-refractivity contribution in [3.63, 3.8) is 0 Å². The first-order valence-corrected chi connectivity index (χ1v) is 8.05. The first-order chi connectivity index (χ1) is 12.5. The Morgan fingerprint density at radius 3 is 2.23 bits per heavy atom. The number of rotatable bonds is 8. The maximum absolute atomic E-state index is 11.9. The normalized spacial score (nSPS) is 10.0. The Kier molecular flexibility index (Phi) is 6.67. The van der Waals surface area contributed by atoms with Crippen molar-refractivity contribution in [3.8, 4) is 0 Å². The maximum atomic E-state index is 11.9. The van der Waals surface area contributed by atoms with Gasteiger partial charge in [0, 0.05) is 36.5 Å². The summed E-state index contributed by atoms with van der Waals surface area (Å²) in [5.41, 5.74) is 2.30. The van der Waals surface area contributed by atoms with Gasteiger partial charge in [-0.3, -0.25) is 19.7 Å². The number of carbonyl (C=O) groups excluding carboxylic acids is 2. The van der Waals surface area contributed by atoms with Crippen molar-refractivity contribution in [2.24, 2.45) is 0 Å². The highest BCUT2D eigenvalue weighted by atomic mass is 16.6. The number of nitrogens with zero attached hydrogens (tertiary/aromatic N) is 1. The molecule has 3 N–H and O–H groups in total. The van der Waals surface area contributed by atoms with E-state index >= 15 is 0 Å². The molecule has 0 fully saturated rings. The summed E-state index contributed by atoms with van der Waals surface area (Å²) in [4.78, 5) is 33.7. The highest BCUT2D eigenvalue weighted by molar-refractivity contribution is 5.96. The lowest BCUT2D eigenvalue weighted by molar-refractivity contribution is -0.384. The molecule has 2 amide bonds. The molecule has 0 aliphatic heterocycles. The average molecular weight is 356 g/mol. The number of carbonyl (C=O) groups is 2. The van der Waals surface area contributed by atoms with Crippen LogP contribution in [0.4, 0.5) is 11.4 Å². The molecule has 0 bridgehead atoms. The number of nitro benzene ring substituents is 1. The van der Waals surface area contributed by atoms with E-state index in [9.17, 15) is 19.7 Å². The summed E-state index contributed by atoms with van der Waals surface area (Å²) in [5.74, 6) is -0.597. The van der Waals surface area contributed by atoms with Crippen molar-refractivity contribution in [2.75, 3.05) is 25.0 Å². The summed E-state index contributed by atoms with van der Waals surface area (Å²) in [6, 6.07) is 13.1. The van der Waals surface area contributed by atoms with Crippen molar-refractivity contribution in [1.82, 2.24) is 10.6 Å². The summed E-state index contributed by atoms with van der Waals surface area (Å²) in [6.45, 7) is 2.63. The van der Waals surface area contributed by atoms with Gasteiger partial charge in [0.25, 0.3) is 11.6 Å². The van der Waals surface area contributed by atoms with Gasteiger partial charge in [0.15, 0.2) is 0 Å². The maximum Gasteiger partial charge on any atom is 0.269 e. The molecule has 2 rings (SSSR count). The Bertz CT molecular complexity index is 773. The number of benzene rings is 2. The first-order valence-electron chi connectivity index (χ1n) is 8.05. The predicted octanol–water partition coefficient (Wildman–Crippen LogP) is 1.86. The predicted molar refractivity (Wildman–Crippen MR) is 98.1 cm³/mol. The van der Waals surface area contributed by atoms with E-state index in [2.05, 4.69) is 16.0 Å².